The molecule has 0 aromatic heterocycles. The zero-order valence-electron chi connectivity index (χ0n) is 14.9. The van der Waals surface area contributed by atoms with Gasteiger partial charge in [0.2, 0.25) is 0 Å². The molecular formula is C22H23N3O. The van der Waals surface area contributed by atoms with Crippen molar-refractivity contribution in [1.29, 1.82) is 5.26 Å². The zero-order chi connectivity index (χ0) is 18.4. The Labute approximate surface area is 154 Å². The number of hydrogen-bond donors (Lipinski definition) is 1. The van der Waals surface area contributed by atoms with E-state index >= 15 is 0 Å². The van der Waals surface area contributed by atoms with Gasteiger partial charge in [0.25, 0.3) is 0 Å². The number of nitrogens with one attached hydrogen (secondary N) is 1. The Bertz CT molecular complexity index is 851. The summed E-state index contributed by atoms with van der Waals surface area (Å²) >= 11 is 0. The minimum absolute atomic E-state index is 0.132. The van der Waals surface area contributed by atoms with Crippen LogP contribution in [-0.4, -0.2) is 17.5 Å². The Morgan fingerprint density at radius 2 is 2.04 bits per heavy atom. The third-order valence-electron chi connectivity index (χ3n) is 4.67. The molecule has 3 rings (SSSR count). The predicted molar refractivity (Wildman–Crippen MR) is 102 cm³/mol. The lowest BCUT2D eigenvalue weighted by Gasteiger charge is -2.22. The predicted octanol–water partition coefficient (Wildman–Crippen LogP) is 3.94. The highest BCUT2D eigenvalue weighted by atomic mass is 16.2. The maximum Gasteiger partial charge on any atom is 0.318 e. The topological polar surface area (TPSA) is 56.1 Å². The van der Waals surface area contributed by atoms with Crippen LogP contribution in [0.4, 0.5) is 4.79 Å². The Morgan fingerprint density at radius 3 is 2.85 bits per heavy atom. The standard InChI is InChI=1S/C22H23N3O/c1-2-11-25(16-19-6-3-5-17(12-19)14-23)22(26)24-15-18-9-10-20-7-4-8-21(20)13-18/h2-3,5-6,9-10,12-13H,1,4,7-8,11,15-16H2,(H,24,26). The summed E-state index contributed by atoms with van der Waals surface area (Å²) in [5.74, 6) is 0. The number of nitrogens with zero attached hydrogens (tertiary/aromatic N) is 2. The first-order chi connectivity index (χ1) is 12.7. The number of amides is 2. The van der Waals surface area contributed by atoms with Crippen LogP contribution in [0.1, 0.15) is 34.2 Å². The summed E-state index contributed by atoms with van der Waals surface area (Å²) in [7, 11) is 0. The Hall–Kier alpha value is -3.06. The quantitative estimate of drug-likeness (QED) is 0.806. The third kappa shape index (κ3) is 4.31. The largest absolute Gasteiger partial charge is 0.334 e. The molecule has 0 aliphatic heterocycles. The molecule has 0 saturated heterocycles. The molecule has 1 N–H and O–H groups in total. The van der Waals surface area contributed by atoms with E-state index in [1.807, 2.05) is 18.2 Å². The van der Waals surface area contributed by atoms with Gasteiger partial charge in [0.15, 0.2) is 0 Å². The van der Waals surface area contributed by atoms with Crippen LogP contribution in [0.3, 0.4) is 0 Å². The van der Waals surface area contributed by atoms with Gasteiger partial charge in [-0.05, 0) is 53.6 Å². The molecule has 0 saturated carbocycles. The van der Waals surface area contributed by atoms with E-state index in [9.17, 15) is 4.79 Å². The second-order valence-electron chi connectivity index (χ2n) is 6.60. The number of fused-ring (bicyclic) bond motifs is 1. The Morgan fingerprint density at radius 1 is 1.19 bits per heavy atom. The summed E-state index contributed by atoms with van der Waals surface area (Å²) in [6, 6.07) is 15.8. The van der Waals surface area contributed by atoms with Crippen molar-refractivity contribution in [2.45, 2.75) is 32.4 Å². The van der Waals surface area contributed by atoms with Crippen molar-refractivity contribution in [3.8, 4) is 6.07 Å². The van der Waals surface area contributed by atoms with E-state index in [0.29, 0.717) is 25.2 Å². The lowest BCUT2D eigenvalue weighted by atomic mass is 10.1. The van der Waals surface area contributed by atoms with E-state index in [4.69, 9.17) is 5.26 Å². The summed E-state index contributed by atoms with van der Waals surface area (Å²) in [4.78, 5) is 14.3. The average molecular weight is 345 g/mol. The van der Waals surface area contributed by atoms with Crippen LogP contribution in [0.15, 0.2) is 55.1 Å². The first-order valence-corrected chi connectivity index (χ1v) is 8.93. The van der Waals surface area contributed by atoms with Crippen LogP contribution in [0.25, 0.3) is 0 Å². The fraction of sp³-hybridized carbons (Fsp3) is 0.273. The minimum Gasteiger partial charge on any atom is -0.334 e. The van der Waals surface area contributed by atoms with Crippen LogP contribution < -0.4 is 5.32 Å². The Balaban J connectivity index is 1.63. The second-order valence-corrected chi connectivity index (χ2v) is 6.60. The molecule has 2 aromatic carbocycles. The highest BCUT2D eigenvalue weighted by Gasteiger charge is 2.14. The van der Waals surface area contributed by atoms with Gasteiger partial charge in [-0.2, -0.15) is 5.26 Å². The first kappa shape index (κ1) is 17.8. The van der Waals surface area contributed by atoms with E-state index < -0.39 is 0 Å². The van der Waals surface area contributed by atoms with Crippen molar-refractivity contribution in [2.75, 3.05) is 6.54 Å². The highest BCUT2D eigenvalue weighted by molar-refractivity contribution is 5.74. The molecule has 0 heterocycles. The molecule has 4 heteroatoms. The van der Waals surface area contributed by atoms with E-state index in [0.717, 1.165) is 24.0 Å². The van der Waals surface area contributed by atoms with Gasteiger partial charge in [0.1, 0.15) is 0 Å². The lowest BCUT2D eigenvalue weighted by molar-refractivity contribution is 0.200. The summed E-state index contributed by atoms with van der Waals surface area (Å²) < 4.78 is 0. The number of urea groups is 1. The maximum absolute atomic E-state index is 12.6. The van der Waals surface area contributed by atoms with Crippen molar-refractivity contribution in [3.63, 3.8) is 0 Å². The fourth-order valence-electron chi connectivity index (χ4n) is 3.36. The fourth-order valence-corrected chi connectivity index (χ4v) is 3.36. The summed E-state index contributed by atoms with van der Waals surface area (Å²) in [5, 5.41) is 12.0. The molecule has 0 radical (unpaired) electrons. The van der Waals surface area contributed by atoms with E-state index in [2.05, 4.69) is 36.2 Å². The Kier molecular flexibility index (Phi) is 5.70. The zero-order valence-corrected chi connectivity index (χ0v) is 14.9. The summed E-state index contributed by atoms with van der Waals surface area (Å²) in [6.07, 6.45) is 5.23. The second kappa shape index (κ2) is 8.35. The number of benzene rings is 2. The van der Waals surface area contributed by atoms with E-state index in [1.165, 1.54) is 17.5 Å². The third-order valence-corrected chi connectivity index (χ3v) is 4.67. The molecule has 2 aromatic rings. The van der Waals surface area contributed by atoms with Crippen molar-refractivity contribution in [3.05, 3.63) is 82.9 Å². The van der Waals surface area contributed by atoms with Crippen molar-refractivity contribution < 1.29 is 4.79 Å². The molecule has 0 bridgehead atoms. The van der Waals surface area contributed by atoms with Gasteiger partial charge >= 0.3 is 6.03 Å². The molecule has 132 valence electrons. The normalized spacial score (nSPS) is 12.1. The van der Waals surface area contributed by atoms with Gasteiger partial charge in [-0.3, -0.25) is 0 Å². The van der Waals surface area contributed by atoms with Gasteiger partial charge in [0, 0.05) is 19.6 Å². The molecule has 2 amide bonds. The van der Waals surface area contributed by atoms with Gasteiger partial charge in [0.05, 0.1) is 11.6 Å². The van der Waals surface area contributed by atoms with Gasteiger partial charge in [-0.1, -0.05) is 36.4 Å². The van der Waals surface area contributed by atoms with Crippen LogP contribution in [0, 0.1) is 11.3 Å². The molecule has 0 unspecified atom stereocenters. The van der Waals surface area contributed by atoms with Crippen molar-refractivity contribution >= 4 is 6.03 Å². The number of carbonyl (C=O) groups is 1. The first-order valence-electron chi connectivity index (χ1n) is 8.93. The van der Waals surface area contributed by atoms with Crippen LogP contribution in [-0.2, 0) is 25.9 Å². The van der Waals surface area contributed by atoms with E-state index in [1.54, 1.807) is 17.0 Å². The molecule has 1 aliphatic rings. The molecule has 0 fully saturated rings. The number of rotatable bonds is 6. The summed E-state index contributed by atoms with van der Waals surface area (Å²) in [6.45, 7) is 5.15. The van der Waals surface area contributed by atoms with Crippen LogP contribution >= 0.6 is 0 Å². The molecular weight excluding hydrogens is 322 g/mol. The number of aryl methyl sites for hydroxylation is 2. The number of nitriles is 1. The van der Waals surface area contributed by atoms with Gasteiger partial charge in [-0.25, -0.2) is 4.79 Å². The maximum atomic E-state index is 12.6. The average Bonchev–Trinajstić information content (AvgIpc) is 3.13. The number of carbonyl (C=O) groups excluding carboxylic acids is 1. The minimum atomic E-state index is -0.132. The summed E-state index contributed by atoms with van der Waals surface area (Å²) in [5.41, 5.74) is 5.50. The van der Waals surface area contributed by atoms with Crippen molar-refractivity contribution in [1.82, 2.24) is 10.2 Å². The van der Waals surface area contributed by atoms with Crippen LogP contribution in [0.2, 0.25) is 0 Å². The van der Waals surface area contributed by atoms with Gasteiger partial charge in [-0.15, -0.1) is 6.58 Å². The smallest absolute Gasteiger partial charge is 0.318 e. The molecule has 0 atom stereocenters. The molecule has 0 spiro atoms. The van der Waals surface area contributed by atoms with Gasteiger partial charge < -0.3 is 10.2 Å². The monoisotopic (exact) mass is 345 g/mol. The number of hydrogen-bond acceptors (Lipinski definition) is 2. The SMILES string of the molecule is C=CCN(Cc1cccc(C#N)c1)C(=O)NCc1ccc2c(c1)CCC2. The lowest BCUT2D eigenvalue weighted by Crippen LogP contribution is -2.39. The highest BCUT2D eigenvalue weighted by Crippen LogP contribution is 2.22. The van der Waals surface area contributed by atoms with Crippen molar-refractivity contribution in [2.24, 2.45) is 0 Å². The van der Waals surface area contributed by atoms with E-state index in [-0.39, 0.29) is 6.03 Å². The molecule has 4 nitrogen and oxygen atoms in total. The molecule has 1 aliphatic carbocycles. The molecule has 26 heavy (non-hydrogen) atoms. The van der Waals surface area contributed by atoms with Crippen LogP contribution in [0.5, 0.6) is 0 Å².